The molecule has 0 aliphatic heterocycles. The Kier molecular flexibility index (Phi) is 14.2. The van der Waals surface area contributed by atoms with Crippen molar-refractivity contribution in [3.8, 4) is 0 Å². The quantitative estimate of drug-likeness (QED) is 0.520. The summed E-state index contributed by atoms with van der Waals surface area (Å²) in [4.78, 5) is 0. The molecule has 0 heterocycles. The van der Waals surface area contributed by atoms with Gasteiger partial charge in [0.2, 0.25) is 0 Å². The van der Waals surface area contributed by atoms with Gasteiger partial charge >= 0.3 is 0 Å². The van der Waals surface area contributed by atoms with Crippen LogP contribution in [0.4, 0.5) is 0 Å². The molecule has 0 aromatic rings. The Balaban J connectivity index is 0. The molecule has 0 N–H and O–H groups in total. The van der Waals surface area contributed by atoms with Crippen LogP contribution in [0.25, 0.3) is 0 Å². The summed E-state index contributed by atoms with van der Waals surface area (Å²) in [5, 5.41) is 0. The maximum absolute atomic E-state index is 2.26. The summed E-state index contributed by atoms with van der Waals surface area (Å²) in [6.45, 7) is 13.0. The first-order valence-corrected chi connectivity index (χ1v) is 5.93. The molecule has 0 nitrogen and oxygen atoms in total. The molecule has 14 heavy (non-hydrogen) atoms. The third kappa shape index (κ3) is 14.0. The Bertz CT molecular complexity index is 141. The maximum atomic E-state index is 2.26. The molecule has 0 saturated carbocycles. The highest BCUT2D eigenvalue weighted by Gasteiger charge is 1.77. The van der Waals surface area contributed by atoms with Crippen molar-refractivity contribution < 1.29 is 0 Å². The van der Waals surface area contributed by atoms with Crippen molar-refractivity contribution in [3.63, 3.8) is 0 Å². The van der Waals surface area contributed by atoms with Gasteiger partial charge in [0, 0.05) is 0 Å². The Morgan fingerprint density at radius 1 is 0.714 bits per heavy atom. The lowest BCUT2D eigenvalue weighted by Gasteiger charge is -1.88. The SMILES string of the molecule is CC/C=C(/C)CC.CC/C=C(\C)CC. The molecule has 0 saturated heterocycles. The molecular weight excluding hydrogens is 168 g/mol. The maximum Gasteiger partial charge on any atom is -0.0352 e. The van der Waals surface area contributed by atoms with Gasteiger partial charge in [0.1, 0.15) is 0 Å². The summed E-state index contributed by atoms with van der Waals surface area (Å²) in [6, 6.07) is 0. The van der Waals surface area contributed by atoms with Crippen molar-refractivity contribution in [2.24, 2.45) is 0 Å². The Labute approximate surface area is 91.1 Å². The van der Waals surface area contributed by atoms with Crippen LogP contribution < -0.4 is 0 Å². The molecule has 0 aromatic carbocycles. The Hall–Kier alpha value is -0.520. The number of hydrogen-bond acceptors (Lipinski definition) is 0. The topological polar surface area (TPSA) is 0 Å². The van der Waals surface area contributed by atoms with E-state index in [1.807, 2.05) is 0 Å². The zero-order valence-electron chi connectivity index (χ0n) is 11.0. The van der Waals surface area contributed by atoms with E-state index in [1.165, 1.54) is 36.8 Å². The van der Waals surface area contributed by atoms with E-state index in [0.29, 0.717) is 0 Å². The van der Waals surface area contributed by atoms with Crippen LogP contribution in [0.5, 0.6) is 0 Å². The van der Waals surface area contributed by atoms with Crippen molar-refractivity contribution in [2.75, 3.05) is 0 Å². The summed E-state index contributed by atoms with van der Waals surface area (Å²) in [5.41, 5.74) is 3.00. The molecule has 0 heteroatoms. The Morgan fingerprint density at radius 2 is 1.00 bits per heavy atom. The molecule has 0 aliphatic carbocycles. The van der Waals surface area contributed by atoms with Crippen molar-refractivity contribution >= 4 is 0 Å². The highest BCUT2D eigenvalue weighted by molar-refractivity contribution is 4.95. The van der Waals surface area contributed by atoms with Gasteiger partial charge < -0.3 is 0 Å². The molecule has 0 amide bonds. The normalized spacial score (nSPS) is 12.1. The van der Waals surface area contributed by atoms with Gasteiger partial charge in [-0.1, -0.05) is 51.0 Å². The van der Waals surface area contributed by atoms with Crippen LogP contribution >= 0.6 is 0 Å². The lowest BCUT2D eigenvalue weighted by atomic mass is 10.2. The first-order chi connectivity index (χ1) is 6.62. The molecule has 0 fully saturated rings. The summed E-state index contributed by atoms with van der Waals surface area (Å²) in [5.74, 6) is 0. The molecule has 0 bridgehead atoms. The van der Waals surface area contributed by atoms with Crippen molar-refractivity contribution in [1.29, 1.82) is 0 Å². The summed E-state index contributed by atoms with van der Waals surface area (Å²) < 4.78 is 0. The van der Waals surface area contributed by atoms with Crippen molar-refractivity contribution in [3.05, 3.63) is 23.3 Å². The Morgan fingerprint density at radius 3 is 1.07 bits per heavy atom. The van der Waals surface area contributed by atoms with Crippen LogP contribution in [0.1, 0.15) is 67.2 Å². The fourth-order valence-corrected chi connectivity index (χ4v) is 0.986. The second-order valence-corrected chi connectivity index (χ2v) is 3.62. The molecule has 84 valence electrons. The van der Waals surface area contributed by atoms with E-state index in [-0.39, 0.29) is 0 Å². The largest absolute Gasteiger partial charge is 0.0859 e. The first kappa shape index (κ1) is 15.9. The molecule has 0 aliphatic rings. The van der Waals surface area contributed by atoms with E-state index in [0.717, 1.165) is 0 Å². The number of hydrogen-bond donors (Lipinski definition) is 0. The van der Waals surface area contributed by atoms with Gasteiger partial charge in [0.25, 0.3) is 0 Å². The van der Waals surface area contributed by atoms with E-state index >= 15 is 0 Å². The summed E-state index contributed by atoms with van der Waals surface area (Å²) in [6.07, 6.45) is 9.29. The minimum absolute atomic E-state index is 1.18. The third-order valence-electron chi connectivity index (χ3n) is 2.22. The van der Waals surface area contributed by atoms with E-state index in [4.69, 9.17) is 0 Å². The van der Waals surface area contributed by atoms with E-state index < -0.39 is 0 Å². The highest BCUT2D eigenvalue weighted by Crippen LogP contribution is 1.98. The van der Waals surface area contributed by atoms with Crippen molar-refractivity contribution in [1.82, 2.24) is 0 Å². The first-order valence-electron chi connectivity index (χ1n) is 5.93. The zero-order chi connectivity index (χ0) is 11.4. The van der Waals surface area contributed by atoms with Crippen LogP contribution in [0.15, 0.2) is 23.3 Å². The summed E-state index contributed by atoms with van der Waals surface area (Å²) >= 11 is 0. The second kappa shape index (κ2) is 12.5. The van der Waals surface area contributed by atoms with Gasteiger partial charge in [0.15, 0.2) is 0 Å². The van der Waals surface area contributed by atoms with Gasteiger partial charge in [0.05, 0.1) is 0 Å². The van der Waals surface area contributed by atoms with E-state index in [9.17, 15) is 0 Å². The molecule has 0 rings (SSSR count). The predicted molar refractivity (Wildman–Crippen MR) is 68.7 cm³/mol. The second-order valence-electron chi connectivity index (χ2n) is 3.62. The van der Waals surface area contributed by atoms with Gasteiger partial charge in [-0.15, -0.1) is 0 Å². The minimum Gasteiger partial charge on any atom is -0.0859 e. The molecule has 0 radical (unpaired) electrons. The van der Waals surface area contributed by atoms with Gasteiger partial charge in [-0.3, -0.25) is 0 Å². The fourth-order valence-electron chi connectivity index (χ4n) is 0.986. The van der Waals surface area contributed by atoms with Gasteiger partial charge in [-0.2, -0.15) is 0 Å². The lowest BCUT2D eigenvalue weighted by molar-refractivity contribution is 1.06. The van der Waals surface area contributed by atoms with Gasteiger partial charge in [-0.05, 0) is 39.5 Å². The van der Waals surface area contributed by atoms with E-state index in [1.54, 1.807) is 0 Å². The van der Waals surface area contributed by atoms with Crippen LogP contribution in [0, 0.1) is 0 Å². The van der Waals surface area contributed by atoms with Crippen molar-refractivity contribution in [2.45, 2.75) is 67.2 Å². The average Bonchev–Trinajstić information content (AvgIpc) is 2.19. The molecule has 0 spiro atoms. The highest BCUT2D eigenvalue weighted by atomic mass is 13.8. The minimum atomic E-state index is 1.18. The predicted octanol–water partition coefficient (Wildman–Crippen LogP) is 5.51. The zero-order valence-corrected chi connectivity index (χ0v) is 11.0. The van der Waals surface area contributed by atoms with Gasteiger partial charge in [-0.25, -0.2) is 0 Å². The van der Waals surface area contributed by atoms with Crippen LogP contribution in [-0.2, 0) is 0 Å². The lowest BCUT2D eigenvalue weighted by Crippen LogP contribution is -1.67. The average molecular weight is 196 g/mol. The fraction of sp³-hybridized carbons (Fsp3) is 0.714. The number of rotatable bonds is 4. The number of allylic oxidation sites excluding steroid dienone is 4. The standard InChI is InChI=1S/2C7H14/c2*1-4-6-7(3)5-2/h2*6H,4-5H2,1-3H3/b7-6+;7-6-. The van der Waals surface area contributed by atoms with Crippen LogP contribution in [-0.4, -0.2) is 0 Å². The monoisotopic (exact) mass is 196 g/mol. The third-order valence-corrected chi connectivity index (χ3v) is 2.22. The smallest absolute Gasteiger partial charge is 0.0352 e. The molecule has 0 unspecified atom stereocenters. The molecule has 0 atom stereocenters. The van der Waals surface area contributed by atoms with Crippen LogP contribution in [0.3, 0.4) is 0 Å². The summed E-state index contributed by atoms with van der Waals surface area (Å²) in [7, 11) is 0. The molecular formula is C14H28. The van der Waals surface area contributed by atoms with Crippen LogP contribution in [0.2, 0.25) is 0 Å². The van der Waals surface area contributed by atoms with E-state index in [2.05, 4.69) is 53.7 Å². The molecule has 0 aromatic heterocycles.